The fourth-order valence-corrected chi connectivity index (χ4v) is 9.25. The van der Waals surface area contributed by atoms with Crippen LogP contribution in [0.1, 0.15) is 0 Å². The summed E-state index contributed by atoms with van der Waals surface area (Å²) >= 11 is 1.63. The molecule has 0 fully saturated rings. The molecule has 0 bridgehead atoms. The van der Waals surface area contributed by atoms with Crippen molar-refractivity contribution in [1.29, 1.82) is 0 Å². The van der Waals surface area contributed by atoms with E-state index in [-0.39, 0.29) is 24.0 Å². The van der Waals surface area contributed by atoms with Gasteiger partial charge in [0.1, 0.15) is 22.2 Å². The topological polar surface area (TPSA) is 39.2 Å². The van der Waals surface area contributed by atoms with E-state index in [1.165, 1.54) is 15.9 Å². The zero-order chi connectivity index (χ0) is 22.5. The Hall–Kier alpha value is -2.60. The van der Waals surface area contributed by atoms with Gasteiger partial charge in [0.15, 0.2) is 7.26 Å². The molecule has 0 aliphatic carbocycles. The molecule has 3 nitrogen and oxygen atoms in total. The van der Waals surface area contributed by atoms with Crippen LogP contribution >= 0.6 is 19.0 Å². The maximum atomic E-state index is 6.40. The lowest BCUT2D eigenvalue weighted by molar-refractivity contribution is -0.00000719. The lowest BCUT2D eigenvalue weighted by atomic mass is 10.3. The second-order valence-electron chi connectivity index (χ2n) is 7.42. The summed E-state index contributed by atoms with van der Waals surface area (Å²) in [4.78, 5) is 5.17. The van der Waals surface area contributed by atoms with Gasteiger partial charge in [-0.25, -0.2) is 0 Å². The third-order valence-electron chi connectivity index (χ3n) is 5.43. The van der Waals surface area contributed by atoms with Crippen LogP contribution in [0.4, 0.5) is 0 Å². The van der Waals surface area contributed by atoms with Gasteiger partial charge in [0.05, 0.1) is 11.8 Å². The quantitative estimate of drug-likeness (QED) is 0.120. The summed E-state index contributed by atoms with van der Waals surface area (Å²) in [7, 11) is -2.35. The fourth-order valence-electron chi connectivity index (χ4n) is 4.02. The molecule has 0 radical (unpaired) electrons. The van der Waals surface area contributed by atoms with E-state index in [0.29, 0.717) is 5.89 Å². The molecule has 0 aliphatic rings. The second-order valence-corrected chi connectivity index (χ2v) is 11.7. The molecule has 6 heteroatoms. The maximum Gasteiger partial charge on any atom is 0.251 e. The van der Waals surface area contributed by atoms with Crippen molar-refractivity contribution in [2.45, 2.75) is 5.09 Å². The van der Waals surface area contributed by atoms with Crippen LogP contribution in [0.15, 0.2) is 136 Å². The van der Waals surface area contributed by atoms with Crippen molar-refractivity contribution in [1.82, 2.24) is 4.98 Å². The minimum absolute atomic E-state index is 0. The minimum Gasteiger partial charge on any atom is -1.00 e. The van der Waals surface area contributed by atoms with Crippen molar-refractivity contribution in [3.63, 3.8) is 0 Å². The van der Waals surface area contributed by atoms with Gasteiger partial charge in [-0.15, -0.1) is 6.58 Å². The van der Waals surface area contributed by atoms with E-state index in [1.807, 2.05) is 12.1 Å². The number of oxazole rings is 1. The van der Waals surface area contributed by atoms with Crippen molar-refractivity contribution in [3.05, 3.63) is 122 Å². The standard InChI is InChI=1S/C28H23NO2PS.HI/c1-2-20-33-28-27(29-26(31-28)22-18-19-30-21-22)32(23-12-6-3-7-13-23,24-14-8-4-9-15-24)25-16-10-5-11-17-25;/h2-19,21H,1,20H2;1H/q+1;/p-1. The molecular formula is C28H23INO2PS. The van der Waals surface area contributed by atoms with Gasteiger partial charge in [0, 0.05) is 5.75 Å². The lowest BCUT2D eigenvalue weighted by Crippen LogP contribution is -3.00. The van der Waals surface area contributed by atoms with Crippen LogP contribution in [-0.4, -0.2) is 10.7 Å². The number of furan rings is 1. The van der Waals surface area contributed by atoms with E-state index in [2.05, 4.69) is 97.6 Å². The van der Waals surface area contributed by atoms with Gasteiger partial charge in [0.25, 0.3) is 5.44 Å². The van der Waals surface area contributed by atoms with Crippen LogP contribution in [0.25, 0.3) is 11.5 Å². The van der Waals surface area contributed by atoms with Crippen molar-refractivity contribution in [2.75, 3.05) is 5.75 Å². The molecule has 5 aromatic rings. The summed E-state index contributed by atoms with van der Waals surface area (Å²) in [5.74, 6) is 1.29. The Morgan fingerprint density at radius 2 is 1.32 bits per heavy atom. The Balaban J connectivity index is 0.00000274. The highest BCUT2D eigenvalue weighted by Crippen LogP contribution is 2.56. The SMILES string of the molecule is C=CCSc1oc(-c2ccoc2)nc1[P+](c1ccccc1)(c1ccccc1)c1ccccc1.[I-]. The predicted molar refractivity (Wildman–Crippen MR) is 140 cm³/mol. The molecule has 0 saturated carbocycles. The molecule has 0 aliphatic heterocycles. The van der Waals surface area contributed by atoms with E-state index in [0.717, 1.165) is 21.8 Å². The number of benzene rings is 3. The smallest absolute Gasteiger partial charge is 0.251 e. The first-order valence-electron chi connectivity index (χ1n) is 10.7. The Labute approximate surface area is 221 Å². The molecular weight excluding hydrogens is 572 g/mol. The summed E-state index contributed by atoms with van der Waals surface area (Å²) in [5.41, 5.74) is 1.79. The van der Waals surface area contributed by atoms with Crippen LogP contribution < -0.4 is 45.3 Å². The molecule has 0 amide bonds. The monoisotopic (exact) mass is 595 g/mol. The van der Waals surface area contributed by atoms with Gasteiger partial charge >= 0.3 is 0 Å². The molecule has 3 aromatic carbocycles. The summed E-state index contributed by atoms with van der Waals surface area (Å²) < 4.78 is 11.7. The molecule has 0 unspecified atom stereocenters. The summed E-state index contributed by atoms with van der Waals surface area (Å²) in [6.45, 7) is 3.91. The average Bonchev–Trinajstić information content (AvgIpc) is 3.56. The molecule has 34 heavy (non-hydrogen) atoms. The molecule has 2 heterocycles. The molecule has 2 aromatic heterocycles. The minimum atomic E-state index is -2.35. The Morgan fingerprint density at radius 1 is 0.794 bits per heavy atom. The van der Waals surface area contributed by atoms with Gasteiger partial charge in [-0.2, -0.15) is 4.98 Å². The third kappa shape index (κ3) is 4.52. The van der Waals surface area contributed by atoms with Crippen molar-refractivity contribution >= 4 is 40.4 Å². The number of hydrogen-bond donors (Lipinski definition) is 0. The number of aromatic nitrogens is 1. The van der Waals surface area contributed by atoms with Gasteiger partial charge in [-0.05, 0) is 42.5 Å². The van der Waals surface area contributed by atoms with Gasteiger partial charge in [-0.3, -0.25) is 0 Å². The van der Waals surface area contributed by atoms with E-state index in [4.69, 9.17) is 13.8 Å². The number of hydrogen-bond acceptors (Lipinski definition) is 4. The van der Waals surface area contributed by atoms with Crippen LogP contribution in [0.3, 0.4) is 0 Å². The van der Waals surface area contributed by atoms with Gasteiger partial charge < -0.3 is 32.8 Å². The predicted octanol–water partition coefficient (Wildman–Crippen LogP) is 2.84. The molecule has 0 atom stereocenters. The van der Waals surface area contributed by atoms with Crippen LogP contribution in [0, 0.1) is 0 Å². The van der Waals surface area contributed by atoms with Crippen molar-refractivity contribution in [3.8, 4) is 11.5 Å². The van der Waals surface area contributed by atoms with E-state index in [9.17, 15) is 0 Å². The normalized spacial score (nSPS) is 11.1. The first-order chi connectivity index (χ1) is 16.3. The number of rotatable bonds is 8. The van der Waals surface area contributed by atoms with Crippen molar-refractivity contribution < 1.29 is 32.8 Å². The first kappa shape index (κ1) is 24.5. The summed E-state index contributed by atoms with van der Waals surface area (Å²) in [6.07, 6.45) is 5.21. The Morgan fingerprint density at radius 3 is 1.76 bits per heavy atom. The van der Waals surface area contributed by atoms with E-state index in [1.54, 1.807) is 24.3 Å². The fraction of sp³-hybridized carbons (Fsp3) is 0.0357. The lowest BCUT2D eigenvalue weighted by Gasteiger charge is -2.25. The number of halogens is 1. The molecule has 170 valence electrons. The number of nitrogens with zero attached hydrogens (tertiary/aromatic N) is 1. The van der Waals surface area contributed by atoms with Crippen LogP contribution in [0.2, 0.25) is 0 Å². The molecule has 0 saturated heterocycles. The third-order valence-corrected chi connectivity index (χ3v) is 10.7. The zero-order valence-electron chi connectivity index (χ0n) is 18.4. The Bertz CT molecular complexity index is 1230. The van der Waals surface area contributed by atoms with Crippen LogP contribution in [-0.2, 0) is 0 Å². The Kier molecular flexibility index (Phi) is 8.09. The number of thioether (sulfide) groups is 1. The highest BCUT2D eigenvalue weighted by atomic mass is 127. The highest BCUT2D eigenvalue weighted by Gasteiger charge is 2.52. The largest absolute Gasteiger partial charge is 1.00 e. The van der Waals surface area contributed by atoms with Gasteiger partial charge in [-0.1, -0.05) is 72.4 Å². The summed E-state index contributed by atoms with van der Waals surface area (Å²) in [5, 5.41) is 4.51. The second kappa shape index (κ2) is 11.2. The first-order valence-corrected chi connectivity index (χ1v) is 13.4. The van der Waals surface area contributed by atoms with E-state index >= 15 is 0 Å². The van der Waals surface area contributed by atoms with Gasteiger partial charge in [0.2, 0.25) is 11.0 Å². The average molecular weight is 595 g/mol. The molecule has 5 rings (SSSR count). The van der Waals surface area contributed by atoms with Crippen molar-refractivity contribution in [2.24, 2.45) is 0 Å². The maximum absolute atomic E-state index is 6.40. The van der Waals surface area contributed by atoms with E-state index < -0.39 is 7.26 Å². The highest BCUT2D eigenvalue weighted by molar-refractivity contribution is 8.04. The molecule has 0 N–H and O–H groups in total. The summed E-state index contributed by atoms with van der Waals surface area (Å²) in [6, 6.07) is 33.9. The zero-order valence-corrected chi connectivity index (χ0v) is 22.2. The molecule has 0 spiro atoms. The van der Waals surface area contributed by atoms with Crippen LogP contribution in [0.5, 0.6) is 0 Å².